The van der Waals surface area contributed by atoms with E-state index in [9.17, 15) is 18.0 Å². The van der Waals surface area contributed by atoms with Crippen molar-refractivity contribution >= 4 is 39.2 Å². The predicted octanol–water partition coefficient (Wildman–Crippen LogP) is 3.66. The quantitative estimate of drug-likeness (QED) is 0.433. The van der Waals surface area contributed by atoms with Gasteiger partial charge in [0.05, 0.1) is 15.5 Å². The van der Waals surface area contributed by atoms with Crippen molar-refractivity contribution in [3.63, 3.8) is 0 Å². The molecule has 1 saturated heterocycles. The van der Waals surface area contributed by atoms with E-state index in [-0.39, 0.29) is 21.4 Å². The zero-order chi connectivity index (χ0) is 25.7. The third-order valence-electron chi connectivity index (χ3n) is 6.50. The van der Waals surface area contributed by atoms with E-state index < -0.39 is 22.6 Å². The van der Waals surface area contributed by atoms with Crippen molar-refractivity contribution < 1.29 is 22.7 Å². The Bertz CT molecular complexity index is 1180. The van der Waals surface area contributed by atoms with Crippen LogP contribution < -0.4 is 4.90 Å². The first-order valence-electron chi connectivity index (χ1n) is 12.3. The van der Waals surface area contributed by atoms with Crippen LogP contribution in [0.2, 0.25) is 5.02 Å². The number of nitrogens with zero attached hydrogens (tertiary/aromatic N) is 3. The molecule has 2 fully saturated rings. The number of para-hydroxylation sites is 1. The van der Waals surface area contributed by atoms with Crippen LogP contribution in [0.4, 0.5) is 5.69 Å². The fourth-order valence-corrected chi connectivity index (χ4v) is 5.94. The van der Waals surface area contributed by atoms with E-state index in [1.165, 1.54) is 22.5 Å². The average molecular weight is 534 g/mol. The maximum Gasteiger partial charge on any atom is 0.340 e. The molecule has 36 heavy (non-hydrogen) atoms. The standard InChI is InChI=1S/C26H32ClN3O5S/c1-2-12-29(18-20-8-9-20)25(31)19-35-26(32)23-17-22(10-11-24(23)27)36(33,34)30-15-13-28(14-16-30)21-6-4-3-5-7-21/h3-7,10-11,17,20H,2,8-9,12-16,18-19H2,1H3. The van der Waals surface area contributed by atoms with Crippen LogP contribution in [0.25, 0.3) is 0 Å². The van der Waals surface area contributed by atoms with Crippen molar-refractivity contribution in [2.24, 2.45) is 5.92 Å². The fourth-order valence-electron chi connectivity index (χ4n) is 4.29. The maximum atomic E-state index is 13.3. The normalized spacial score (nSPS) is 16.6. The molecule has 4 rings (SSSR count). The Hall–Kier alpha value is -2.62. The van der Waals surface area contributed by atoms with Gasteiger partial charge in [-0.1, -0.05) is 36.7 Å². The molecule has 1 heterocycles. The third-order valence-corrected chi connectivity index (χ3v) is 8.73. The van der Waals surface area contributed by atoms with E-state index >= 15 is 0 Å². The van der Waals surface area contributed by atoms with Crippen molar-refractivity contribution in [3.05, 3.63) is 59.1 Å². The Morgan fingerprint density at radius 1 is 1.06 bits per heavy atom. The van der Waals surface area contributed by atoms with Gasteiger partial charge in [0.25, 0.3) is 5.91 Å². The van der Waals surface area contributed by atoms with E-state index in [0.29, 0.717) is 45.2 Å². The summed E-state index contributed by atoms with van der Waals surface area (Å²) in [6.45, 7) is 4.64. The molecule has 2 aliphatic rings. The first-order chi connectivity index (χ1) is 17.3. The van der Waals surface area contributed by atoms with Crippen LogP contribution in [-0.2, 0) is 19.6 Å². The van der Waals surface area contributed by atoms with Gasteiger partial charge < -0.3 is 14.5 Å². The van der Waals surface area contributed by atoms with Crippen LogP contribution in [0.5, 0.6) is 0 Å². The second-order valence-corrected chi connectivity index (χ2v) is 11.6. The molecule has 10 heteroatoms. The number of carbonyl (C=O) groups excluding carboxylic acids is 2. The number of halogens is 1. The Balaban J connectivity index is 1.40. The van der Waals surface area contributed by atoms with E-state index in [2.05, 4.69) is 4.90 Å². The van der Waals surface area contributed by atoms with Gasteiger partial charge in [0.2, 0.25) is 10.0 Å². The SMILES string of the molecule is CCCN(CC1CC1)C(=O)COC(=O)c1cc(S(=O)(=O)N2CCN(c3ccccc3)CC2)ccc1Cl. The van der Waals surface area contributed by atoms with E-state index in [1.54, 1.807) is 4.90 Å². The summed E-state index contributed by atoms with van der Waals surface area (Å²) in [4.78, 5) is 29.2. The van der Waals surface area contributed by atoms with E-state index in [0.717, 1.165) is 24.9 Å². The zero-order valence-electron chi connectivity index (χ0n) is 20.4. The summed E-state index contributed by atoms with van der Waals surface area (Å²) in [6, 6.07) is 13.9. The molecular weight excluding hydrogens is 502 g/mol. The number of benzene rings is 2. The van der Waals surface area contributed by atoms with Gasteiger partial charge in [0, 0.05) is 45.0 Å². The van der Waals surface area contributed by atoms with Crippen LogP contribution in [0.3, 0.4) is 0 Å². The molecule has 194 valence electrons. The van der Waals surface area contributed by atoms with Crippen LogP contribution in [0.1, 0.15) is 36.5 Å². The minimum Gasteiger partial charge on any atom is -0.452 e. The maximum absolute atomic E-state index is 13.3. The molecule has 1 amide bonds. The van der Waals surface area contributed by atoms with E-state index in [1.807, 2.05) is 37.3 Å². The van der Waals surface area contributed by atoms with Crippen molar-refractivity contribution in [2.75, 3.05) is 50.8 Å². The Morgan fingerprint density at radius 3 is 2.39 bits per heavy atom. The van der Waals surface area contributed by atoms with Crippen LogP contribution in [0.15, 0.2) is 53.4 Å². The van der Waals surface area contributed by atoms with Crippen molar-refractivity contribution in [1.82, 2.24) is 9.21 Å². The van der Waals surface area contributed by atoms with Gasteiger partial charge in [0.1, 0.15) is 0 Å². The predicted molar refractivity (Wildman–Crippen MR) is 139 cm³/mol. The fraction of sp³-hybridized carbons (Fsp3) is 0.462. The Morgan fingerprint density at radius 2 is 1.75 bits per heavy atom. The van der Waals surface area contributed by atoms with Gasteiger partial charge in [-0.3, -0.25) is 4.79 Å². The molecule has 0 aromatic heterocycles. The van der Waals surface area contributed by atoms with Crippen molar-refractivity contribution in [2.45, 2.75) is 31.1 Å². The Kier molecular flexibility index (Phi) is 8.54. The largest absolute Gasteiger partial charge is 0.452 e. The van der Waals surface area contributed by atoms with Gasteiger partial charge in [-0.05, 0) is 55.5 Å². The number of sulfonamides is 1. The lowest BCUT2D eigenvalue weighted by atomic mass is 10.2. The topological polar surface area (TPSA) is 87.2 Å². The molecule has 0 atom stereocenters. The summed E-state index contributed by atoms with van der Waals surface area (Å²) < 4.78 is 33.3. The highest BCUT2D eigenvalue weighted by Gasteiger charge is 2.30. The number of amides is 1. The number of hydrogen-bond acceptors (Lipinski definition) is 6. The third kappa shape index (κ3) is 6.38. The molecule has 0 spiro atoms. The van der Waals surface area contributed by atoms with Crippen molar-refractivity contribution in [3.8, 4) is 0 Å². The lowest BCUT2D eigenvalue weighted by molar-refractivity contribution is -0.134. The van der Waals surface area contributed by atoms with Crippen LogP contribution in [-0.4, -0.2) is 75.4 Å². The molecule has 1 aliphatic carbocycles. The van der Waals surface area contributed by atoms with Gasteiger partial charge in [-0.25, -0.2) is 13.2 Å². The second-order valence-electron chi connectivity index (χ2n) is 9.23. The van der Waals surface area contributed by atoms with Crippen LogP contribution in [0, 0.1) is 5.92 Å². The second kappa shape index (κ2) is 11.6. The first kappa shape index (κ1) is 26.4. The van der Waals surface area contributed by atoms with Gasteiger partial charge in [0.15, 0.2) is 6.61 Å². The monoisotopic (exact) mass is 533 g/mol. The van der Waals surface area contributed by atoms with Crippen molar-refractivity contribution in [1.29, 1.82) is 0 Å². The average Bonchev–Trinajstić information content (AvgIpc) is 3.72. The molecular formula is C26H32ClN3O5S. The van der Waals surface area contributed by atoms with E-state index in [4.69, 9.17) is 16.3 Å². The smallest absolute Gasteiger partial charge is 0.340 e. The summed E-state index contributed by atoms with van der Waals surface area (Å²) in [5.74, 6) is -0.544. The number of piperazine rings is 1. The number of ether oxygens (including phenoxy) is 1. The summed E-state index contributed by atoms with van der Waals surface area (Å²) in [7, 11) is -3.83. The first-order valence-corrected chi connectivity index (χ1v) is 14.2. The number of anilines is 1. The molecule has 1 aliphatic heterocycles. The highest BCUT2D eigenvalue weighted by molar-refractivity contribution is 7.89. The lowest BCUT2D eigenvalue weighted by Gasteiger charge is -2.35. The number of esters is 1. The molecule has 2 aromatic carbocycles. The van der Waals surface area contributed by atoms with Gasteiger partial charge in [-0.15, -0.1) is 0 Å². The van der Waals surface area contributed by atoms with Crippen LogP contribution >= 0.6 is 11.6 Å². The van der Waals surface area contributed by atoms with Gasteiger partial charge >= 0.3 is 5.97 Å². The summed E-state index contributed by atoms with van der Waals surface area (Å²) >= 11 is 6.21. The molecule has 0 bridgehead atoms. The highest BCUT2D eigenvalue weighted by atomic mass is 35.5. The summed E-state index contributed by atoms with van der Waals surface area (Å²) in [6.07, 6.45) is 3.05. The lowest BCUT2D eigenvalue weighted by Crippen LogP contribution is -2.48. The number of hydrogen-bond donors (Lipinski definition) is 0. The molecule has 8 nitrogen and oxygen atoms in total. The minimum absolute atomic E-state index is 0.0281. The number of carbonyl (C=O) groups is 2. The highest BCUT2D eigenvalue weighted by Crippen LogP contribution is 2.30. The molecule has 0 unspecified atom stereocenters. The minimum atomic E-state index is -3.83. The summed E-state index contributed by atoms with van der Waals surface area (Å²) in [5, 5.41) is 0.0729. The van der Waals surface area contributed by atoms with Gasteiger partial charge in [-0.2, -0.15) is 4.31 Å². The molecule has 1 saturated carbocycles. The number of rotatable bonds is 10. The Labute approximate surface area is 217 Å². The molecule has 0 N–H and O–H groups in total. The summed E-state index contributed by atoms with van der Waals surface area (Å²) in [5.41, 5.74) is 0.980. The zero-order valence-corrected chi connectivity index (χ0v) is 22.0. The molecule has 2 aromatic rings. The molecule has 0 radical (unpaired) electrons.